The summed E-state index contributed by atoms with van der Waals surface area (Å²) in [5, 5.41) is 12.9. The van der Waals surface area contributed by atoms with Crippen molar-refractivity contribution in [2.75, 3.05) is 5.32 Å². The van der Waals surface area contributed by atoms with Crippen molar-refractivity contribution < 1.29 is 4.79 Å². The van der Waals surface area contributed by atoms with Crippen molar-refractivity contribution in [1.29, 1.82) is 0 Å². The van der Waals surface area contributed by atoms with Crippen LogP contribution >= 0.6 is 0 Å². The van der Waals surface area contributed by atoms with Crippen LogP contribution in [0.4, 0.5) is 5.95 Å². The van der Waals surface area contributed by atoms with Crippen LogP contribution in [0.25, 0.3) is 11.4 Å². The van der Waals surface area contributed by atoms with Crippen molar-refractivity contribution in [2.45, 2.75) is 31.3 Å². The normalized spacial score (nSPS) is 18.8. The number of H-pyrrole nitrogens is 1. The first kappa shape index (κ1) is 16.1. The zero-order chi connectivity index (χ0) is 17.8. The molecule has 0 atom stereocenters. The van der Waals surface area contributed by atoms with E-state index in [4.69, 9.17) is 0 Å². The van der Waals surface area contributed by atoms with E-state index in [0.717, 1.165) is 24.2 Å². The highest BCUT2D eigenvalue weighted by molar-refractivity contribution is 5.78. The van der Waals surface area contributed by atoms with Crippen molar-refractivity contribution >= 4 is 11.9 Å². The number of amides is 1. The van der Waals surface area contributed by atoms with E-state index in [2.05, 4.69) is 40.8 Å². The number of hydrogen-bond donors (Lipinski definition) is 3. The second kappa shape index (κ2) is 7.26. The van der Waals surface area contributed by atoms with Crippen LogP contribution in [0.15, 0.2) is 43.1 Å². The van der Waals surface area contributed by atoms with Crippen LogP contribution in [0, 0.1) is 0 Å². The number of nitrogens with one attached hydrogen (secondary N) is 3. The molecule has 1 amide bonds. The first-order chi connectivity index (χ1) is 12.8. The van der Waals surface area contributed by atoms with Crippen LogP contribution in [-0.4, -0.2) is 48.1 Å². The maximum atomic E-state index is 12.0. The molecule has 4 rings (SSSR count). The van der Waals surface area contributed by atoms with Crippen molar-refractivity contribution in [3.05, 3.63) is 48.8 Å². The molecule has 0 unspecified atom stereocenters. The Balaban J connectivity index is 1.27. The topological polar surface area (TPSA) is 121 Å². The third-order valence-corrected chi connectivity index (χ3v) is 4.23. The van der Waals surface area contributed by atoms with Crippen LogP contribution < -0.4 is 10.6 Å². The van der Waals surface area contributed by atoms with Gasteiger partial charge < -0.3 is 10.6 Å². The van der Waals surface area contributed by atoms with Gasteiger partial charge in [0.25, 0.3) is 0 Å². The molecule has 0 radical (unpaired) electrons. The lowest BCUT2D eigenvalue weighted by molar-refractivity contribution is -0.121. The molecule has 3 N–H and O–H groups in total. The fourth-order valence-electron chi connectivity index (χ4n) is 2.87. The maximum absolute atomic E-state index is 12.0. The van der Waals surface area contributed by atoms with Crippen molar-refractivity contribution in [1.82, 2.24) is 35.5 Å². The van der Waals surface area contributed by atoms with Gasteiger partial charge in [0, 0.05) is 42.6 Å². The number of rotatable bonds is 6. The molecule has 0 saturated heterocycles. The third-order valence-electron chi connectivity index (χ3n) is 4.23. The summed E-state index contributed by atoms with van der Waals surface area (Å²) in [6.45, 7) is 0. The third kappa shape index (κ3) is 3.82. The van der Waals surface area contributed by atoms with E-state index >= 15 is 0 Å². The molecule has 3 aromatic heterocycles. The standard InChI is InChI=1S/C17H18N8O/c26-16(9-11-1-4-21-25-11)22-12-7-13(8-12)23-17-20-3-2-14(24-17)15-10-18-5-6-19-15/h1-6,10,12-13H,7-9H2,(H,21,25)(H,22,26)(H,20,23,24). The van der Waals surface area contributed by atoms with Gasteiger partial charge in [0.2, 0.25) is 11.9 Å². The summed E-state index contributed by atoms with van der Waals surface area (Å²) in [6.07, 6.45) is 10.3. The number of anilines is 1. The van der Waals surface area contributed by atoms with Gasteiger partial charge in [0.15, 0.2) is 0 Å². The Morgan fingerprint density at radius 2 is 2.00 bits per heavy atom. The average molecular weight is 350 g/mol. The van der Waals surface area contributed by atoms with E-state index < -0.39 is 0 Å². The molecular weight excluding hydrogens is 332 g/mol. The minimum absolute atomic E-state index is 0.00130. The number of carbonyl (C=O) groups excluding carboxylic acids is 1. The molecule has 1 fully saturated rings. The molecule has 1 saturated carbocycles. The molecule has 26 heavy (non-hydrogen) atoms. The largest absolute Gasteiger partial charge is 0.353 e. The Kier molecular flexibility index (Phi) is 4.50. The van der Waals surface area contributed by atoms with E-state index in [1.54, 1.807) is 43.1 Å². The summed E-state index contributed by atoms with van der Waals surface area (Å²) >= 11 is 0. The zero-order valence-corrected chi connectivity index (χ0v) is 14.0. The molecule has 0 aromatic carbocycles. The lowest BCUT2D eigenvalue weighted by Crippen LogP contribution is -2.50. The molecule has 3 heterocycles. The molecule has 1 aliphatic rings. The summed E-state index contributed by atoms with van der Waals surface area (Å²) in [6, 6.07) is 4.01. The molecule has 9 heteroatoms. The van der Waals surface area contributed by atoms with Gasteiger partial charge in [-0.1, -0.05) is 0 Å². The van der Waals surface area contributed by atoms with Gasteiger partial charge in [-0.15, -0.1) is 0 Å². The maximum Gasteiger partial charge on any atom is 0.226 e. The summed E-state index contributed by atoms with van der Waals surface area (Å²) in [5.41, 5.74) is 2.24. The van der Waals surface area contributed by atoms with Crippen LogP contribution in [0.2, 0.25) is 0 Å². The summed E-state index contributed by atoms with van der Waals surface area (Å²) in [4.78, 5) is 29.0. The fourth-order valence-corrected chi connectivity index (χ4v) is 2.87. The molecular formula is C17H18N8O. The lowest BCUT2D eigenvalue weighted by atomic mass is 9.86. The van der Waals surface area contributed by atoms with Crippen LogP contribution in [0.1, 0.15) is 18.5 Å². The van der Waals surface area contributed by atoms with Gasteiger partial charge in [-0.2, -0.15) is 5.10 Å². The van der Waals surface area contributed by atoms with E-state index in [0.29, 0.717) is 18.1 Å². The summed E-state index contributed by atoms with van der Waals surface area (Å²) < 4.78 is 0. The molecule has 1 aliphatic carbocycles. The zero-order valence-electron chi connectivity index (χ0n) is 14.0. The van der Waals surface area contributed by atoms with Crippen LogP contribution in [0.5, 0.6) is 0 Å². The molecule has 0 bridgehead atoms. The number of hydrogen-bond acceptors (Lipinski definition) is 7. The van der Waals surface area contributed by atoms with E-state index in [1.165, 1.54) is 0 Å². The predicted octanol–water partition coefficient (Wildman–Crippen LogP) is 0.958. The van der Waals surface area contributed by atoms with Gasteiger partial charge in [0.1, 0.15) is 5.69 Å². The van der Waals surface area contributed by atoms with Gasteiger partial charge in [0.05, 0.1) is 18.3 Å². The molecule has 3 aromatic rings. The van der Waals surface area contributed by atoms with Crippen LogP contribution in [0.3, 0.4) is 0 Å². The minimum Gasteiger partial charge on any atom is -0.353 e. The molecule has 132 valence electrons. The number of aromatic nitrogens is 6. The predicted molar refractivity (Wildman–Crippen MR) is 93.9 cm³/mol. The highest BCUT2D eigenvalue weighted by atomic mass is 16.1. The fraction of sp³-hybridized carbons (Fsp3) is 0.294. The monoisotopic (exact) mass is 350 g/mol. The van der Waals surface area contributed by atoms with Crippen molar-refractivity contribution in [2.24, 2.45) is 0 Å². The quantitative estimate of drug-likeness (QED) is 0.605. The Hall–Kier alpha value is -3.36. The highest BCUT2D eigenvalue weighted by Crippen LogP contribution is 2.23. The SMILES string of the molecule is O=C(Cc1ccn[nH]1)NC1CC(Nc2nccc(-c3cnccn3)n2)C1. The lowest BCUT2D eigenvalue weighted by Gasteiger charge is -2.36. The van der Waals surface area contributed by atoms with E-state index in [9.17, 15) is 4.79 Å². The van der Waals surface area contributed by atoms with Gasteiger partial charge in [-0.3, -0.25) is 19.9 Å². The minimum atomic E-state index is -0.00130. The average Bonchev–Trinajstić information content (AvgIpc) is 3.14. The smallest absolute Gasteiger partial charge is 0.226 e. The van der Waals surface area contributed by atoms with Crippen molar-refractivity contribution in [3.63, 3.8) is 0 Å². The van der Waals surface area contributed by atoms with E-state index in [-0.39, 0.29) is 18.0 Å². The molecule has 9 nitrogen and oxygen atoms in total. The number of nitrogens with zero attached hydrogens (tertiary/aromatic N) is 5. The Labute approximate surface area is 149 Å². The van der Waals surface area contributed by atoms with Crippen LogP contribution in [-0.2, 0) is 11.2 Å². The molecule has 0 spiro atoms. The number of aromatic amines is 1. The first-order valence-corrected chi connectivity index (χ1v) is 8.40. The van der Waals surface area contributed by atoms with E-state index in [1.807, 2.05) is 0 Å². The van der Waals surface area contributed by atoms with Gasteiger partial charge in [-0.05, 0) is 25.0 Å². The van der Waals surface area contributed by atoms with Gasteiger partial charge in [-0.25, -0.2) is 9.97 Å². The first-order valence-electron chi connectivity index (χ1n) is 8.40. The second-order valence-corrected chi connectivity index (χ2v) is 6.19. The van der Waals surface area contributed by atoms with Crippen molar-refractivity contribution in [3.8, 4) is 11.4 Å². The highest BCUT2D eigenvalue weighted by Gasteiger charge is 2.30. The second-order valence-electron chi connectivity index (χ2n) is 6.19. The Morgan fingerprint density at radius 3 is 2.77 bits per heavy atom. The summed E-state index contributed by atoms with van der Waals surface area (Å²) in [7, 11) is 0. The Morgan fingerprint density at radius 1 is 1.08 bits per heavy atom. The van der Waals surface area contributed by atoms with Gasteiger partial charge >= 0.3 is 0 Å². The molecule has 0 aliphatic heterocycles. The number of carbonyl (C=O) groups is 1. The Bertz CT molecular complexity index is 861. The summed E-state index contributed by atoms with van der Waals surface area (Å²) in [5.74, 6) is 0.555.